The van der Waals surface area contributed by atoms with E-state index in [1.54, 1.807) is 12.1 Å². The highest BCUT2D eigenvalue weighted by Gasteiger charge is 2.35. The molecule has 4 rings (SSSR count). The lowest BCUT2D eigenvalue weighted by atomic mass is 9.63. The maximum Gasteiger partial charge on any atom is 0.416 e. The normalized spacial score (nSPS) is 27.4. The molecule has 0 spiro atoms. The Kier molecular flexibility index (Phi) is 6.03. The Hall–Kier alpha value is -1.77. The maximum atomic E-state index is 12.8. The summed E-state index contributed by atoms with van der Waals surface area (Å²) in [6.07, 6.45) is 6.63. The molecule has 2 aromatic carbocycles. The van der Waals surface area contributed by atoms with Crippen molar-refractivity contribution in [3.8, 4) is 11.1 Å². The van der Waals surface area contributed by atoms with E-state index in [4.69, 9.17) is 0 Å². The monoisotopic (exact) mass is 400 g/mol. The Morgan fingerprint density at radius 1 is 0.759 bits per heavy atom. The van der Waals surface area contributed by atoms with E-state index in [1.807, 2.05) is 0 Å². The summed E-state index contributed by atoms with van der Waals surface area (Å²) < 4.78 is 38.3. The van der Waals surface area contributed by atoms with E-state index in [0.717, 1.165) is 28.9 Å². The lowest BCUT2D eigenvalue weighted by Crippen LogP contribution is -2.30. The van der Waals surface area contributed by atoms with Crippen LogP contribution in [0.1, 0.15) is 75.3 Å². The van der Waals surface area contributed by atoms with Gasteiger partial charge in [0.25, 0.3) is 0 Å². The summed E-state index contributed by atoms with van der Waals surface area (Å²) in [5, 5.41) is 0. The van der Waals surface area contributed by atoms with Crippen LogP contribution in [0.4, 0.5) is 13.2 Å². The molecule has 2 aromatic rings. The first kappa shape index (κ1) is 20.5. The number of alkyl halides is 3. The molecule has 0 aromatic heterocycles. The zero-order valence-corrected chi connectivity index (χ0v) is 17.2. The van der Waals surface area contributed by atoms with E-state index >= 15 is 0 Å². The van der Waals surface area contributed by atoms with E-state index in [9.17, 15) is 13.2 Å². The number of hydrogen-bond donors (Lipinski definition) is 0. The van der Waals surface area contributed by atoms with E-state index < -0.39 is 11.7 Å². The van der Waals surface area contributed by atoms with Gasteiger partial charge in [0, 0.05) is 0 Å². The summed E-state index contributed by atoms with van der Waals surface area (Å²) in [6, 6.07) is 14.0. The van der Waals surface area contributed by atoms with Crippen LogP contribution in [-0.2, 0) is 6.18 Å². The predicted molar refractivity (Wildman–Crippen MR) is 113 cm³/mol. The molecule has 1 unspecified atom stereocenters. The van der Waals surface area contributed by atoms with Crippen molar-refractivity contribution in [3.63, 3.8) is 0 Å². The van der Waals surface area contributed by atoms with Gasteiger partial charge in [0.05, 0.1) is 5.56 Å². The van der Waals surface area contributed by atoms with Crippen molar-refractivity contribution in [2.24, 2.45) is 17.8 Å². The van der Waals surface area contributed by atoms with Crippen molar-refractivity contribution >= 4 is 0 Å². The first-order chi connectivity index (χ1) is 13.9. The molecule has 0 aliphatic heterocycles. The zero-order chi connectivity index (χ0) is 20.4. The van der Waals surface area contributed by atoms with Crippen molar-refractivity contribution in [1.82, 2.24) is 0 Å². The number of fused-ring (bicyclic) bond motifs is 1. The molecule has 0 heterocycles. The van der Waals surface area contributed by atoms with Gasteiger partial charge >= 0.3 is 6.18 Å². The third-order valence-electron chi connectivity index (χ3n) is 7.35. The van der Waals surface area contributed by atoms with Gasteiger partial charge in [0.2, 0.25) is 0 Å². The minimum atomic E-state index is -4.28. The summed E-state index contributed by atoms with van der Waals surface area (Å²) in [6.45, 7) is 2.30. The summed E-state index contributed by atoms with van der Waals surface area (Å²) in [5.74, 6) is 3.42. The fourth-order valence-electron chi connectivity index (χ4n) is 5.76. The standard InChI is InChI=1S/C26H31F3/c1-2-3-18-4-5-24-17-23(11-10-22(24)16-18)21-8-6-19(7-9-21)20-12-14-25(15-13-20)26(27,28)29/h6-9,12-15,18,22-24H,2-5,10-11,16-17H2,1H3/t18?,22-,23-,24-/m1/s1. The van der Waals surface area contributed by atoms with Gasteiger partial charge in [-0.3, -0.25) is 0 Å². The Balaban J connectivity index is 1.40. The highest BCUT2D eigenvalue weighted by Crippen LogP contribution is 2.48. The molecule has 3 heteroatoms. The second-order valence-corrected chi connectivity index (χ2v) is 9.20. The van der Waals surface area contributed by atoms with Crippen molar-refractivity contribution < 1.29 is 13.2 Å². The molecule has 2 aliphatic rings. The summed E-state index contributed by atoms with van der Waals surface area (Å²) >= 11 is 0. The Labute approximate surface area is 172 Å². The number of halogens is 3. The van der Waals surface area contributed by atoms with Gasteiger partial charge in [-0.15, -0.1) is 0 Å². The third-order valence-corrected chi connectivity index (χ3v) is 7.35. The maximum absolute atomic E-state index is 12.8. The van der Waals surface area contributed by atoms with Crippen LogP contribution in [-0.4, -0.2) is 0 Å². The Bertz CT molecular complexity index is 788. The number of benzene rings is 2. The molecule has 2 aliphatic carbocycles. The summed E-state index contributed by atoms with van der Waals surface area (Å²) in [4.78, 5) is 0. The lowest BCUT2D eigenvalue weighted by molar-refractivity contribution is -0.137. The van der Waals surface area contributed by atoms with Crippen LogP contribution in [0.15, 0.2) is 48.5 Å². The fraction of sp³-hybridized carbons (Fsp3) is 0.538. The van der Waals surface area contributed by atoms with Crippen LogP contribution >= 0.6 is 0 Å². The molecule has 29 heavy (non-hydrogen) atoms. The van der Waals surface area contributed by atoms with Gasteiger partial charge in [-0.1, -0.05) is 62.6 Å². The average Bonchev–Trinajstić information content (AvgIpc) is 2.73. The quantitative estimate of drug-likeness (QED) is 0.483. The average molecular weight is 401 g/mol. The van der Waals surface area contributed by atoms with Crippen LogP contribution in [0.2, 0.25) is 0 Å². The van der Waals surface area contributed by atoms with Crippen molar-refractivity contribution in [3.05, 3.63) is 59.7 Å². The molecule has 0 radical (unpaired) electrons. The minimum absolute atomic E-state index is 0.594. The van der Waals surface area contributed by atoms with Crippen LogP contribution in [0.5, 0.6) is 0 Å². The van der Waals surface area contributed by atoms with Crippen molar-refractivity contribution in [2.45, 2.75) is 70.4 Å². The van der Waals surface area contributed by atoms with Gasteiger partial charge in [0.15, 0.2) is 0 Å². The van der Waals surface area contributed by atoms with Crippen molar-refractivity contribution in [2.75, 3.05) is 0 Å². The second kappa shape index (κ2) is 8.53. The summed E-state index contributed by atoms with van der Waals surface area (Å²) in [5.41, 5.74) is 2.62. The molecule has 0 N–H and O–H groups in total. The molecular formula is C26H31F3. The highest BCUT2D eigenvalue weighted by molar-refractivity contribution is 5.64. The van der Waals surface area contributed by atoms with Gasteiger partial charge in [-0.2, -0.15) is 13.2 Å². The predicted octanol–water partition coefficient (Wildman–Crippen LogP) is 8.47. The van der Waals surface area contributed by atoms with Crippen molar-refractivity contribution in [1.29, 1.82) is 0 Å². The topological polar surface area (TPSA) is 0 Å². The van der Waals surface area contributed by atoms with Gasteiger partial charge < -0.3 is 0 Å². The smallest absolute Gasteiger partial charge is 0.166 e. The molecular weight excluding hydrogens is 369 g/mol. The van der Waals surface area contributed by atoms with E-state index in [0.29, 0.717) is 5.92 Å². The molecule has 0 amide bonds. The van der Waals surface area contributed by atoms with Crippen LogP contribution < -0.4 is 0 Å². The molecule has 2 saturated carbocycles. The largest absolute Gasteiger partial charge is 0.416 e. The first-order valence-corrected chi connectivity index (χ1v) is 11.2. The fourth-order valence-corrected chi connectivity index (χ4v) is 5.76. The van der Waals surface area contributed by atoms with Gasteiger partial charge in [-0.05, 0) is 84.6 Å². The third kappa shape index (κ3) is 4.70. The van der Waals surface area contributed by atoms with Crippen LogP contribution in [0.25, 0.3) is 11.1 Å². The van der Waals surface area contributed by atoms with Crippen LogP contribution in [0, 0.1) is 17.8 Å². The summed E-state index contributed by atoms with van der Waals surface area (Å²) in [7, 11) is 0. The molecule has 0 nitrogen and oxygen atoms in total. The molecule has 4 atom stereocenters. The van der Waals surface area contributed by atoms with Crippen LogP contribution in [0.3, 0.4) is 0 Å². The minimum Gasteiger partial charge on any atom is -0.166 e. The van der Waals surface area contributed by atoms with E-state index in [2.05, 4.69) is 31.2 Å². The first-order valence-electron chi connectivity index (χ1n) is 11.2. The number of hydrogen-bond acceptors (Lipinski definition) is 0. The van der Waals surface area contributed by atoms with Gasteiger partial charge in [-0.25, -0.2) is 0 Å². The molecule has 0 bridgehead atoms. The van der Waals surface area contributed by atoms with E-state index in [-0.39, 0.29) is 0 Å². The lowest BCUT2D eigenvalue weighted by Gasteiger charge is -2.42. The second-order valence-electron chi connectivity index (χ2n) is 9.20. The highest BCUT2D eigenvalue weighted by atomic mass is 19.4. The molecule has 2 fully saturated rings. The zero-order valence-electron chi connectivity index (χ0n) is 17.2. The molecule has 0 saturated heterocycles. The number of rotatable bonds is 4. The molecule has 156 valence electrons. The van der Waals surface area contributed by atoms with E-state index in [1.165, 1.54) is 69.1 Å². The Morgan fingerprint density at radius 3 is 1.97 bits per heavy atom. The SMILES string of the molecule is CCCC1CC[C@@H]2C[C@H](c3ccc(-c4ccc(C(F)(F)F)cc4)cc3)CC[C@@H]2C1. The Morgan fingerprint density at radius 2 is 1.34 bits per heavy atom. The van der Waals surface area contributed by atoms with Gasteiger partial charge in [0.1, 0.15) is 0 Å².